The van der Waals surface area contributed by atoms with Crippen LogP contribution in [0.2, 0.25) is 0 Å². The summed E-state index contributed by atoms with van der Waals surface area (Å²) in [6.07, 6.45) is 0.840. The molecule has 0 aliphatic rings. The van der Waals surface area contributed by atoms with Crippen molar-refractivity contribution >= 4 is 0 Å². The maximum Gasteiger partial charge on any atom is 0.299 e. The number of hydrogen-bond acceptors (Lipinski definition) is 4. The first-order valence-electron chi connectivity index (χ1n) is 4.28. The minimum Gasteiger partial charge on any atom is -0.491 e. The third kappa shape index (κ3) is 2.93. The van der Waals surface area contributed by atoms with Crippen molar-refractivity contribution in [2.45, 2.75) is 13.3 Å². The fourth-order valence-electron chi connectivity index (χ4n) is 0.937. The molecule has 1 aromatic rings. The third-order valence-corrected chi connectivity index (χ3v) is 1.48. The first-order chi connectivity index (χ1) is 6.74. The smallest absolute Gasteiger partial charge is 0.299 e. The minimum atomic E-state index is -0.853. The maximum atomic E-state index is 10.1. The van der Waals surface area contributed by atoms with Crippen LogP contribution in [-0.4, -0.2) is 11.7 Å². The Morgan fingerprint density at radius 2 is 2.00 bits per heavy atom. The molecule has 76 valence electrons. The van der Waals surface area contributed by atoms with E-state index in [0.717, 1.165) is 6.42 Å². The molecule has 0 saturated carbocycles. The van der Waals surface area contributed by atoms with Crippen LogP contribution in [-0.2, 0) is 0 Å². The van der Waals surface area contributed by atoms with E-state index < -0.39 is 5.09 Å². The Kier molecular flexibility index (Phi) is 3.72. The molecule has 1 aromatic carbocycles. The molecule has 0 unspecified atom stereocenters. The van der Waals surface area contributed by atoms with Crippen LogP contribution in [0.15, 0.2) is 24.3 Å². The molecule has 0 heterocycles. The summed E-state index contributed by atoms with van der Waals surface area (Å²) >= 11 is 0. The fraction of sp³-hybridized carbons (Fsp3) is 0.333. The molecule has 0 atom stereocenters. The zero-order valence-electron chi connectivity index (χ0n) is 7.80. The summed E-state index contributed by atoms with van der Waals surface area (Å²) < 4.78 is 5.26. The van der Waals surface area contributed by atoms with Gasteiger partial charge in [-0.2, -0.15) is 0 Å². The van der Waals surface area contributed by atoms with E-state index in [1.165, 1.54) is 6.07 Å². The van der Waals surface area contributed by atoms with Crippen LogP contribution in [0, 0.1) is 10.1 Å². The van der Waals surface area contributed by atoms with Crippen LogP contribution >= 0.6 is 0 Å². The normalized spacial score (nSPS) is 9.50. The Balaban J connectivity index is 2.74. The van der Waals surface area contributed by atoms with Gasteiger partial charge in [0.1, 0.15) is 5.75 Å². The van der Waals surface area contributed by atoms with E-state index in [2.05, 4.69) is 4.84 Å². The topological polar surface area (TPSA) is 61.6 Å². The average molecular weight is 197 g/mol. The van der Waals surface area contributed by atoms with E-state index in [1.807, 2.05) is 6.92 Å². The molecule has 0 spiro atoms. The summed E-state index contributed by atoms with van der Waals surface area (Å²) in [7, 11) is 0. The lowest BCUT2D eigenvalue weighted by molar-refractivity contribution is -0.711. The molecular weight excluding hydrogens is 186 g/mol. The average Bonchev–Trinajstić information content (AvgIpc) is 2.16. The predicted molar refractivity (Wildman–Crippen MR) is 49.9 cm³/mol. The summed E-state index contributed by atoms with van der Waals surface area (Å²) in [5.74, 6) is 0.525. The number of benzene rings is 1. The quantitative estimate of drug-likeness (QED) is 0.535. The van der Waals surface area contributed by atoms with Gasteiger partial charge < -0.3 is 4.74 Å². The highest BCUT2D eigenvalue weighted by atomic mass is 17.0. The molecule has 0 bridgehead atoms. The van der Waals surface area contributed by atoms with Crippen molar-refractivity contribution in [3.63, 3.8) is 0 Å². The van der Waals surface area contributed by atoms with Gasteiger partial charge in [0.15, 0.2) is 5.75 Å². The molecule has 0 aliphatic heterocycles. The third-order valence-electron chi connectivity index (χ3n) is 1.48. The van der Waals surface area contributed by atoms with Crippen molar-refractivity contribution in [3.05, 3.63) is 34.4 Å². The summed E-state index contributed by atoms with van der Waals surface area (Å²) in [5, 5.41) is 9.27. The summed E-state index contributed by atoms with van der Waals surface area (Å²) in [6, 6.07) is 6.51. The van der Waals surface area contributed by atoms with Crippen molar-refractivity contribution in [3.8, 4) is 11.5 Å². The van der Waals surface area contributed by atoms with Crippen molar-refractivity contribution in [1.82, 2.24) is 0 Å². The first-order valence-corrected chi connectivity index (χ1v) is 4.28. The number of nitrogens with zero attached hydrogens (tertiary/aromatic N) is 1. The van der Waals surface area contributed by atoms with Gasteiger partial charge in [0, 0.05) is 0 Å². The van der Waals surface area contributed by atoms with E-state index in [9.17, 15) is 10.1 Å². The fourth-order valence-corrected chi connectivity index (χ4v) is 0.937. The van der Waals surface area contributed by atoms with Gasteiger partial charge in [0.2, 0.25) is 0 Å². The van der Waals surface area contributed by atoms with Gasteiger partial charge in [0.25, 0.3) is 5.09 Å². The number of para-hydroxylation sites is 2. The van der Waals surface area contributed by atoms with Gasteiger partial charge in [0.05, 0.1) is 6.61 Å². The molecule has 0 radical (unpaired) electrons. The van der Waals surface area contributed by atoms with Crippen molar-refractivity contribution in [1.29, 1.82) is 0 Å². The molecule has 5 heteroatoms. The first kappa shape index (κ1) is 10.3. The zero-order chi connectivity index (χ0) is 10.4. The number of ether oxygens (including phenoxy) is 1. The maximum absolute atomic E-state index is 10.1. The van der Waals surface area contributed by atoms with Gasteiger partial charge >= 0.3 is 0 Å². The van der Waals surface area contributed by atoms with Crippen LogP contribution in [0.5, 0.6) is 11.5 Å². The Hall–Kier alpha value is -1.78. The van der Waals surface area contributed by atoms with Crippen molar-refractivity contribution < 1.29 is 14.7 Å². The van der Waals surface area contributed by atoms with Crippen LogP contribution in [0.3, 0.4) is 0 Å². The minimum absolute atomic E-state index is 0.131. The Labute approximate surface area is 81.4 Å². The monoisotopic (exact) mass is 197 g/mol. The van der Waals surface area contributed by atoms with Gasteiger partial charge in [-0.05, 0) is 18.6 Å². The zero-order valence-corrected chi connectivity index (χ0v) is 7.80. The van der Waals surface area contributed by atoms with Gasteiger partial charge in [-0.3, -0.25) is 4.84 Å². The Morgan fingerprint density at radius 1 is 1.36 bits per heavy atom. The second-order valence-electron chi connectivity index (χ2n) is 2.61. The molecular formula is C9H11NO4. The molecule has 5 nitrogen and oxygen atoms in total. The molecule has 0 saturated heterocycles. The SMILES string of the molecule is CCCOc1ccccc1O[N+](=O)[O-]. The highest BCUT2D eigenvalue weighted by Crippen LogP contribution is 2.26. The lowest BCUT2D eigenvalue weighted by Gasteiger charge is -2.07. The second kappa shape index (κ2) is 5.06. The standard InChI is InChI=1S/C9H11NO4/c1-2-7-13-8-5-3-4-6-9(8)14-10(11)12/h3-6H,2,7H2,1H3. The van der Waals surface area contributed by atoms with Crippen LogP contribution in [0.4, 0.5) is 0 Å². The molecule has 14 heavy (non-hydrogen) atoms. The molecule has 0 N–H and O–H groups in total. The van der Waals surface area contributed by atoms with Crippen LogP contribution < -0.4 is 9.57 Å². The Morgan fingerprint density at radius 3 is 2.57 bits per heavy atom. The van der Waals surface area contributed by atoms with Gasteiger partial charge in [-0.25, -0.2) is 0 Å². The summed E-state index contributed by atoms with van der Waals surface area (Å²) in [5.41, 5.74) is 0. The largest absolute Gasteiger partial charge is 0.491 e. The molecule has 0 amide bonds. The van der Waals surface area contributed by atoms with E-state index >= 15 is 0 Å². The van der Waals surface area contributed by atoms with Crippen molar-refractivity contribution in [2.24, 2.45) is 0 Å². The lowest BCUT2D eigenvalue weighted by atomic mass is 10.3. The molecule has 1 rings (SSSR count). The van der Waals surface area contributed by atoms with Crippen molar-refractivity contribution in [2.75, 3.05) is 6.61 Å². The number of hydrogen-bond donors (Lipinski definition) is 0. The summed E-state index contributed by atoms with van der Waals surface area (Å²) in [4.78, 5) is 14.5. The summed E-state index contributed by atoms with van der Waals surface area (Å²) in [6.45, 7) is 2.47. The molecule has 0 aromatic heterocycles. The van der Waals surface area contributed by atoms with E-state index in [-0.39, 0.29) is 5.75 Å². The van der Waals surface area contributed by atoms with E-state index in [0.29, 0.717) is 12.4 Å². The second-order valence-corrected chi connectivity index (χ2v) is 2.61. The molecule has 0 aliphatic carbocycles. The highest BCUT2D eigenvalue weighted by Gasteiger charge is 2.06. The Bertz CT molecular complexity index is 313. The predicted octanol–water partition coefficient (Wildman–Crippen LogP) is 2.05. The number of rotatable bonds is 5. The molecule has 0 fully saturated rings. The highest BCUT2D eigenvalue weighted by molar-refractivity contribution is 5.38. The van der Waals surface area contributed by atoms with Crippen LogP contribution in [0.1, 0.15) is 13.3 Å². The lowest BCUT2D eigenvalue weighted by Crippen LogP contribution is -2.05. The van der Waals surface area contributed by atoms with Gasteiger partial charge in [-0.15, -0.1) is 10.1 Å². The van der Waals surface area contributed by atoms with E-state index in [4.69, 9.17) is 4.74 Å². The van der Waals surface area contributed by atoms with E-state index in [1.54, 1.807) is 18.2 Å². The van der Waals surface area contributed by atoms with Gasteiger partial charge in [-0.1, -0.05) is 19.1 Å². The van der Waals surface area contributed by atoms with Crippen LogP contribution in [0.25, 0.3) is 0 Å².